The van der Waals surface area contributed by atoms with Gasteiger partial charge in [0.1, 0.15) is 32.7 Å². The lowest BCUT2D eigenvalue weighted by Crippen LogP contribution is -3.28. The van der Waals surface area contributed by atoms with Crippen molar-refractivity contribution in [3.05, 3.63) is 58.6 Å². The minimum absolute atomic E-state index is 0.0638. The van der Waals surface area contributed by atoms with Crippen LogP contribution in [-0.4, -0.2) is 45.4 Å². The first-order chi connectivity index (χ1) is 14.1. The summed E-state index contributed by atoms with van der Waals surface area (Å²) >= 11 is 6.09. The van der Waals surface area contributed by atoms with Crippen LogP contribution in [0.25, 0.3) is 0 Å². The average molecular weight is 418 g/mol. The van der Waals surface area contributed by atoms with E-state index in [0.717, 1.165) is 54.8 Å². The number of hydrogen-bond acceptors (Lipinski definition) is 3. The number of nitrogens with one attached hydrogen (secondary N) is 3. The number of carbonyl (C=O) groups is 1. The van der Waals surface area contributed by atoms with Gasteiger partial charge in [0.15, 0.2) is 18.0 Å². The fourth-order valence-corrected chi connectivity index (χ4v) is 4.24. The number of quaternary nitrogens is 2. The van der Waals surface area contributed by atoms with Crippen LogP contribution in [0.3, 0.4) is 0 Å². The van der Waals surface area contributed by atoms with Gasteiger partial charge in [0.2, 0.25) is 6.79 Å². The van der Waals surface area contributed by atoms with E-state index in [4.69, 9.17) is 21.1 Å². The summed E-state index contributed by atoms with van der Waals surface area (Å²) in [4.78, 5) is 15.4. The van der Waals surface area contributed by atoms with Crippen molar-refractivity contribution in [1.82, 2.24) is 5.32 Å². The van der Waals surface area contributed by atoms with Gasteiger partial charge in [0.05, 0.1) is 6.04 Å². The Morgan fingerprint density at radius 3 is 2.62 bits per heavy atom. The smallest absolute Gasteiger partial charge is 0.275 e. The SMILES string of the molecule is C[C@H](NC(=O)C[NH+]1CC[NH+](Cc2cccc(Cl)c2)CC1)c1ccc2c(c1)OCO2. The molecule has 2 aliphatic heterocycles. The summed E-state index contributed by atoms with van der Waals surface area (Å²) in [6.07, 6.45) is 0. The molecule has 6 nitrogen and oxygen atoms in total. The van der Waals surface area contributed by atoms with Crippen molar-refractivity contribution in [2.24, 2.45) is 0 Å². The number of fused-ring (bicyclic) bond motifs is 1. The maximum Gasteiger partial charge on any atom is 0.275 e. The van der Waals surface area contributed by atoms with Crippen LogP contribution < -0.4 is 24.6 Å². The van der Waals surface area contributed by atoms with Crippen LogP contribution >= 0.6 is 11.6 Å². The van der Waals surface area contributed by atoms with Gasteiger partial charge in [-0.3, -0.25) is 4.79 Å². The van der Waals surface area contributed by atoms with Crippen LogP contribution in [0.5, 0.6) is 11.5 Å². The quantitative estimate of drug-likeness (QED) is 0.630. The first kappa shape index (κ1) is 20.0. The predicted molar refractivity (Wildman–Crippen MR) is 111 cm³/mol. The molecule has 154 valence electrons. The van der Waals surface area contributed by atoms with E-state index >= 15 is 0 Å². The van der Waals surface area contributed by atoms with E-state index in [9.17, 15) is 4.79 Å². The van der Waals surface area contributed by atoms with Crippen LogP contribution in [0.2, 0.25) is 5.02 Å². The Bertz CT molecular complexity index is 868. The average Bonchev–Trinajstić information content (AvgIpc) is 3.17. The number of rotatable bonds is 6. The molecule has 1 atom stereocenters. The molecule has 0 radical (unpaired) electrons. The molecule has 0 spiro atoms. The molecule has 2 aliphatic rings. The Labute approximate surface area is 176 Å². The van der Waals surface area contributed by atoms with Gasteiger partial charge in [-0.25, -0.2) is 0 Å². The maximum absolute atomic E-state index is 12.5. The number of carbonyl (C=O) groups excluding carboxylic acids is 1. The molecule has 0 saturated carbocycles. The molecule has 2 aromatic carbocycles. The van der Waals surface area contributed by atoms with Gasteiger partial charge in [-0.05, 0) is 36.8 Å². The zero-order valence-corrected chi connectivity index (χ0v) is 17.4. The monoisotopic (exact) mass is 417 g/mol. The highest BCUT2D eigenvalue weighted by Crippen LogP contribution is 2.34. The minimum atomic E-state index is -0.0638. The summed E-state index contributed by atoms with van der Waals surface area (Å²) in [7, 11) is 0. The van der Waals surface area contributed by atoms with E-state index in [1.54, 1.807) is 4.90 Å². The summed E-state index contributed by atoms with van der Waals surface area (Å²) in [5.74, 6) is 1.59. The van der Waals surface area contributed by atoms with Crippen molar-refractivity contribution >= 4 is 17.5 Å². The molecule has 1 fully saturated rings. The molecule has 2 aromatic rings. The number of amides is 1. The fourth-order valence-electron chi connectivity index (χ4n) is 4.03. The van der Waals surface area contributed by atoms with E-state index < -0.39 is 0 Å². The molecule has 1 amide bonds. The third-order valence-corrected chi connectivity index (χ3v) is 5.93. The van der Waals surface area contributed by atoms with Crippen LogP contribution in [-0.2, 0) is 11.3 Å². The molecule has 0 aliphatic carbocycles. The van der Waals surface area contributed by atoms with Crippen molar-refractivity contribution < 1.29 is 24.1 Å². The topological polar surface area (TPSA) is 56.4 Å². The van der Waals surface area contributed by atoms with E-state index in [1.165, 1.54) is 10.5 Å². The Kier molecular flexibility index (Phi) is 6.23. The Morgan fingerprint density at radius 1 is 1.07 bits per heavy atom. The lowest BCUT2D eigenvalue weighted by atomic mass is 10.1. The molecule has 7 heteroatoms. The summed E-state index contributed by atoms with van der Waals surface area (Å²) in [6, 6.07) is 13.8. The van der Waals surface area contributed by atoms with E-state index in [-0.39, 0.29) is 18.7 Å². The second kappa shape index (κ2) is 9.03. The molecule has 0 unspecified atom stereocenters. The molecule has 1 saturated heterocycles. The summed E-state index contributed by atoms with van der Waals surface area (Å²) in [5, 5.41) is 3.91. The predicted octanol–water partition coefficient (Wildman–Crippen LogP) is 0.230. The molecule has 29 heavy (non-hydrogen) atoms. The lowest BCUT2D eigenvalue weighted by molar-refractivity contribution is -1.02. The Morgan fingerprint density at radius 2 is 1.83 bits per heavy atom. The fraction of sp³-hybridized carbons (Fsp3) is 0.409. The standard InChI is InChI=1S/C22H26ClN3O3/c1-16(18-5-6-20-21(12-18)29-15-28-20)24-22(27)14-26-9-7-25(8-10-26)13-17-3-2-4-19(23)11-17/h2-6,11-12,16H,7-10,13-15H2,1H3,(H,24,27)/p+2/t16-/m0/s1. The zero-order chi connectivity index (χ0) is 20.2. The molecule has 2 heterocycles. The largest absolute Gasteiger partial charge is 0.454 e. The zero-order valence-electron chi connectivity index (χ0n) is 16.7. The minimum Gasteiger partial charge on any atom is -0.454 e. The molecule has 4 rings (SSSR count). The van der Waals surface area contributed by atoms with Crippen molar-refractivity contribution in [2.75, 3.05) is 39.5 Å². The molecule has 0 bridgehead atoms. The van der Waals surface area contributed by atoms with Gasteiger partial charge in [0, 0.05) is 10.6 Å². The lowest BCUT2D eigenvalue weighted by Gasteiger charge is -2.29. The van der Waals surface area contributed by atoms with E-state index in [0.29, 0.717) is 6.54 Å². The van der Waals surface area contributed by atoms with Gasteiger partial charge < -0.3 is 24.6 Å². The van der Waals surface area contributed by atoms with Gasteiger partial charge >= 0.3 is 0 Å². The molecular formula is C22H28ClN3O3+2. The number of hydrogen-bond donors (Lipinski definition) is 3. The van der Waals surface area contributed by atoms with Crippen LogP contribution in [0, 0.1) is 0 Å². The van der Waals surface area contributed by atoms with Crippen LogP contribution in [0.4, 0.5) is 0 Å². The first-order valence-corrected chi connectivity index (χ1v) is 10.5. The highest BCUT2D eigenvalue weighted by Gasteiger charge is 2.25. The van der Waals surface area contributed by atoms with Crippen molar-refractivity contribution in [3.8, 4) is 11.5 Å². The van der Waals surface area contributed by atoms with Crippen molar-refractivity contribution in [1.29, 1.82) is 0 Å². The summed E-state index contributed by atoms with van der Waals surface area (Å²) in [5.41, 5.74) is 2.29. The van der Waals surface area contributed by atoms with E-state index in [1.807, 2.05) is 43.3 Å². The molecule has 3 N–H and O–H groups in total. The normalized spacial score (nSPS) is 21.6. The van der Waals surface area contributed by atoms with Gasteiger partial charge in [-0.2, -0.15) is 0 Å². The number of piperazine rings is 1. The molecular weight excluding hydrogens is 390 g/mol. The van der Waals surface area contributed by atoms with Crippen LogP contribution in [0.1, 0.15) is 24.1 Å². The van der Waals surface area contributed by atoms with E-state index in [2.05, 4.69) is 11.4 Å². The van der Waals surface area contributed by atoms with Crippen molar-refractivity contribution in [2.45, 2.75) is 19.5 Å². The first-order valence-electron chi connectivity index (χ1n) is 10.2. The third-order valence-electron chi connectivity index (χ3n) is 5.69. The van der Waals surface area contributed by atoms with Crippen molar-refractivity contribution in [3.63, 3.8) is 0 Å². The summed E-state index contributed by atoms with van der Waals surface area (Å²) < 4.78 is 10.8. The molecule has 0 aromatic heterocycles. The second-order valence-electron chi connectivity index (χ2n) is 7.89. The third kappa shape index (κ3) is 5.21. The summed E-state index contributed by atoms with van der Waals surface area (Å²) in [6.45, 7) is 7.88. The Hall–Kier alpha value is -2.28. The highest BCUT2D eigenvalue weighted by atomic mass is 35.5. The Balaban J connectivity index is 1.22. The second-order valence-corrected chi connectivity index (χ2v) is 8.32. The maximum atomic E-state index is 12.5. The van der Waals surface area contributed by atoms with Crippen LogP contribution in [0.15, 0.2) is 42.5 Å². The van der Waals surface area contributed by atoms with Gasteiger partial charge in [0.25, 0.3) is 5.91 Å². The number of benzene rings is 2. The van der Waals surface area contributed by atoms with Gasteiger partial charge in [-0.15, -0.1) is 0 Å². The van der Waals surface area contributed by atoms with Gasteiger partial charge in [-0.1, -0.05) is 29.8 Å². The highest BCUT2D eigenvalue weighted by molar-refractivity contribution is 6.30. The number of ether oxygens (including phenoxy) is 2. The number of halogens is 1.